The van der Waals surface area contributed by atoms with E-state index in [-0.39, 0.29) is 0 Å². The predicted octanol–water partition coefficient (Wildman–Crippen LogP) is 4.05. The highest BCUT2D eigenvalue weighted by molar-refractivity contribution is 6.32. The molecule has 0 unspecified atom stereocenters. The Morgan fingerprint density at radius 1 is 1.16 bits per heavy atom. The molecular formula is C19H18ClN3O2. The Balaban J connectivity index is 1.93. The number of hydrogen-bond acceptors (Lipinski definition) is 4. The lowest BCUT2D eigenvalue weighted by Crippen LogP contribution is -2.14. The van der Waals surface area contributed by atoms with Crippen molar-refractivity contribution in [3.8, 4) is 5.75 Å². The summed E-state index contributed by atoms with van der Waals surface area (Å²) in [7, 11) is 3.43. The number of benzene rings is 2. The molecule has 3 aromatic rings. The highest BCUT2D eigenvalue weighted by atomic mass is 35.5. The number of ether oxygens (including phenoxy) is 1. The summed E-state index contributed by atoms with van der Waals surface area (Å²) in [6.07, 6.45) is 3.59. The first kappa shape index (κ1) is 17.0. The molecule has 0 fully saturated rings. The second-order valence-corrected chi connectivity index (χ2v) is 5.77. The van der Waals surface area contributed by atoms with Gasteiger partial charge in [-0.2, -0.15) is 0 Å². The fourth-order valence-electron chi connectivity index (χ4n) is 2.49. The molecule has 0 saturated carbocycles. The van der Waals surface area contributed by atoms with E-state index in [9.17, 15) is 0 Å². The topological polar surface area (TPSA) is 48.6 Å². The molecule has 0 aliphatic rings. The molecule has 3 rings (SSSR count). The van der Waals surface area contributed by atoms with Gasteiger partial charge in [0.25, 0.3) is 0 Å². The van der Waals surface area contributed by atoms with Gasteiger partial charge in [-0.1, -0.05) is 53.2 Å². The van der Waals surface area contributed by atoms with E-state index >= 15 is 0 Å². The van der Waals surface area contributed by atoms with Crippen LogP contribution >= 0.6 is 11.6 Å². The number of halogens is 1. The SMILES string of the molecule is CO/N=C(\c1ccccc1COc1ccccc1Cl)c1nccn1C. The molecule has 1 heterocycles. The summed E-state index contributed by atoms with van der Waals surface area (Å²) < 4.78 is 7.78. The summed E-state index contributed by atoms with van der Waals surface area (Å²) in [5, 5.41) is 4.76. The number of aromatic nitrogens is 2. The largest absolute Gasteiger partial charge is 0.487 e. The van der Waals surface area contributed by atoms with E-state index in [1.807, 2.05) is 60.3 Å². The molecule has 1 aromatic heterocycles. The molecule has 2 aromatic carbocycles. The predicted molar refractivity (Wildman–Crippen MR) is 98.1 cm³/mol. The number of hydrogen-bond donors (Lipinski definition) is 0. The minimum absolute atomic E-state index is 0.354. The lowest BCUT2D eigenvalue weighted by molar-refractivity contribution is 0.213. The first-order chi connectivity index (χ1) is 12.2. The van der Waals surface area contributed by atoms with Crippen molar-refractivity contribution in [2.24, 2.45) is 12.2 Å². The molecular weight excluding hydrogens is 338 g/mol. The molecule has 0 N–H and O–H groups in total. The van der Waals surface area contributed by atoms with Crippen molar-refractivity contribution in [3.63, 3.8) is 0 Å². The molecule has 0 radical (unpaired) electrons. The number of oxime groups is 1. The number of aryl methyl sites for hydroxylation is 1. The van der Waals surface area contributed by atoms with Crippen LogP contribution in [0.25, 0.3) is 0 Å². The van der Waals surface area contributed by atoms with Crippen LogP contribution in [0.3, 0.4) is 0 Å². The van der Waals surface area contributed by atoms with E-state index in [0.29, 0.717) is 28.9 Å². The van der Waals surface area contributed by atoms with Gasteiger partial charge in [0.1, 0.15) is 19.5 Å². The minimum atomic E-state index is 0.354. The summed E-state index contributed by atoms with van der Waals surface area (Å²) in [4.78, 5) is 9.42. The molecule has 25 heavy (non-hydrogen) atoms. The van der Waals surface area contributed by atoms with Gasteiger partial charge in [0.2, 0.25) is 0 Å². The van der Waals surface area contributed by atoms with Crippen LogP contribution in [-0.4, -0.2) is 22.4 Å². The van der Waals surface area contributed by atoms with E-state index in [0.717, 1.165) is 11.1 Å². The molecule has 0 atom stereocenters. The Hall–Kier alpha value is -2.79. The second kappa shape index (κ2) is 7.85. The normalized spacial score (nSPS) is 11.4. The highest BCUT2D eigenvalue weighted by Gasteiger charge is 2.17. The summed E-state index contributed by atoms with van der Waals surface area (Å²) >= 11 is 6.16. The summed E-state index contributed by atoms with van der Waals surface area (Å²) in [5.41, 5.74) is 2.50. The molecule has 128 valence electrons. The van der Waals surface area contributed by atoms with E-state index < -0.39 is 0 Å². The quantitative estimate of drug-likeness (QED) is 0.495. The van der Waals surface area contributed by atoms with Gasteiger partial charge in [-0.15, -0.1) is 0 Å². The zero-order valence-electron chi connectivity index (χ0n) is 14.0. The van der Waals surface area contributed by atoms with Crippen LogP contribution in [0.1, 0.15) is 17.0 Å². The van der Waals surface area contributed by atoms with E-state index in [2.05, 4.69) is 10.1 Å². The zero-order valence-corrected chi connectivity index (χ0v) is 14.8. The third kappa shape index (κ3) is 3.83. The number of para-hydroxylation sites is 1. The van der Waals surface area contributed by atoms with Gasteiger partial charge in [0.15, 0.2) is 11.5 Å². The smallest absolute Gasteiger partial charge is 0.162 e. The third-order valence-electron chi connectivity index (χ3n) is 3.71. The van der Waals surface area contributed by atoms with Gasteiger partial charge in [0, 0.05) is 25.0 Å². The van der Waals surface area contributed by atoms with Crippen LogP contribution in [0.4, 0.5) is 0 Å². The minimum Gasteiger partial charge on any atom is -0.487 e. The maximum Gasteiger partial charge on any atom is 0.162 e. The molecule has 0 saturated heterocycles. The first-order valence-electron chi connectivity index (χ1n) is 7.75. The summed E-state index contributed by atoms with van der Waals surface area (Å²) in [6, 6.07) is 15.3. The van der Waals surface area contributed by atoms with Crippen molar-refractivity contribution >= 4 is 17.3 Å². The standard InChI is InChI=1S/C19H18ClN3O2/c1-23-12-11-21-19(23)18(22-24-2)15-8-4-3-7-14(15)13-25-17-10-6-5-9-16(17)20/h3-12H,13H2,1-2H3/b22-18+. The van der Waals surface area contributed by atoms with Crippen molar-refractivity contribution < 1.29 is 9.57 Å². The van der Waals surface area contributed by atoms with Crippen molar-refractivity contribution in [3.05, 3.63) is 82.9 Å². The van der Waals surface area contributed by atoms with Crippen molar-refractivity contribution in [1.29, 1.82) is 0 Å². The van der Waals surface area contributed by atoms with Gasteiger partial charge in [0.05, 0.1) is 5.02 Å². The number of nitrogens with zero attached hydrogens (tertiary/aromatic N) is 3. The number of rotatable bonds is 6. The summed E-state index contributed by atoms with van der Waals surface area (Å²) in [6.45, 7) is 0.354. The lowest BCUT2D eigenvalue weighted by Gasteiger charge is -2.13. The van der Waals surface area contributed by atoms with Crippen LogP contribution in [0.5, 0.6) is 5.75 Å². The van der Waals surface area contributed by atoms with E-state index in [1.54, 1.807) is 12.3 Å². The molecule has 5 nitrogen and oxygen atoms in total. The fourth-order valence-corrected chi connectivity index (χ4v) is 2.68. The van der Waals surface area contributed by atoms with Gasteiger partial charge in [-0.05, 0) is 17.7 Å². The monoisotopic (exact) mass is 355 g/mol. The van der Waals surface area contributed by atoms with E-state index in [1.165, 1.54) is 7.11 Å². The number of imidazole rings is 1. The Kier molecular flexibility index (Phi) is 5.36. The molecule has 0 aliphatic heterocycles. The molecule has 0 amide bonds. The highest BCUT2D eigenvalue weighted by Crippen LogP contribution is 2.25. The average molecular weight is 356 g/mol. The fraction of sp³-hybridized carbons (Fsp3) is 0.158. The van der Waals surface area contributed by atoms with Crippen molar-refractivity contribution in [2.75, 3.05) is 7.11 Å². The van der Waals surface area contributed by atoms with Crippen LogP contribution in [0.2, 0.25) is 5.02 Å². The van der Waals surface area contributed by atoms with Gasteiger partial charge in [-0.25, -0.2) is 4.98 Å². The van der Waals surface area contributed by atoms with Crippen molar-refractivity contribution in [1.82, 2.24) is 9.55 Å². The molecule has 0 bridgehead atoms. The lowest BCUT2D eigenvalue weighted by atomic mass is 10.0. The van der Waals surface area contributed by atoms with E-state index in [4.69, 9.17) is 21.2 Å². The average Bonchev–Trinajstić information content (AvgIpc) is 3.05. The van der Waals surface area contributed by atoms with Gasteiger partial charge in [-0.3, -0.25) is 0 Å². The van der Waals surface area contributed by atoms with Gasteiger partial charge >= 0.3 is 0 Å². The molecule has 6 heteroatoms. The van der Waals surface area contributed by atoms with Crippen LogP contribution in [0.15, 0.2) is 66.1 Å². The maximum absolute atomic E-state index is 6.16. The Labute approximate surface area is 151 Å². The van der Waals surface area contributed by atoms with Crippen LogP contribution in [0, 0.1) is 0 Å². The third-order valence-corrected chi connectivity index (χ3v) is 4.02. The maximum atomic E-state index is 6.16. The first-order valence-corrected chi connectivity index (χ1v) is 8.13. The summed E-state index contributed by atoms with van der Waals surface area (Å²) in [5.74, 6) is 1.35. The van der Waals surface area contributed by atoms with Crippen LogP contribution < -0.4 is 4.74 Å². The van der Waals surface area contributed by atoms with Crippen LogP contribution in [-0.2, 0) is 18.5 Å². The Bertz CT molecular complexity index is 890. The molecule has 0 spiro atoms. The Morgan fingerprint density at radius 3 is 2.64 bits per heavy atom. The zero-order chi connectivity index (χ0) is 17.6. The Morgan fingerprint density at radius 2 is 1.92 bits per heavy atom. The van der Waals surface area contributed by atoms with Gasteiger partial charge < -0.3 is 14.1 Å². The molecule has 0 aliphatic carbocycles. The van der Waals surface area contributed by atoms with Crippen molar-refractivity contribution in [2.45, 2.75) is 6.61 Å². The second-order valence-electron chi connectivity index (χ2n) is 5.36.